The summed E-state index contributed by atoms with van der Waals surface area (Å²) in [6.45, 7) is -0.373. The SMILES string of the molecule is COC(=O)COC1=CC(Oc2cc(-n3c(=O)cc(C(F)(F)F)n(C)c3=O)c(F)cc2N)C=CC=C1. The van der Waals surface area contributed by atoms with Crippen LogP contribution in [0.4, 0.5) is 23.2 Å². The largest absolute Gasteiger partial charge is 0.482 e. The van der Waals surface area contributed by atoms with Gasteiger partial charge in [0.05, 0.1) is 18.5 Å². The van der Waals surface area contributed by atoms with Crippen LogP contribution in [0.2, 0.25) is 0 Å². The lowest BCUT2D eigenvalue weighted by atomic mass is 10.2. The molecule has 0 spiro atoms. The van der Waals surface area contributed by atoms with Gasteiger partial charge in [0.1, 0.15) is 29.1 Å². The third kappa shape index (κ3) is 5.62. The maximum Gasteiger partial charge on any atom is 0.431 e. The van der Waals surface area contributed by atoms with Crippen molar-refractivity contribution in [3.63, 3.8) is 0 Å². The van der Waals surface area contributed by atoms with Gasteiger partial charge in [-0.25, -0.2) is 18.5 Å². The lowest BCUT2D eigenvalue weighted by Gasteiger charge is -2.18. The number of methoxy groups -OCH3 is 1. The molecule has 13 heteroatoms. The Labute approximate surface area is 194 Å². The summed E-state index contributed by atoms with van der Waals surface area (Å²) in [5, 5.41) is 0. The van der Waals surface area contributed by atoms with E-state index in [1.807, 2.05) is 0 Å². The molecule has 0 radical (unpaired) electrons. The number of halogens is 4. The van der Waals surface area contributed by atoms with Crippen molar-refractivity contribution in [3.8, 4) is 11.4 Å². The summed E-state index contributed by atoms with van der Waals surface area (Å²) in [5.74, 6) is -1.69. The zero-order valence-corrected chi connectivity index (χ0v) is 18.3. The van der Waals surface area contributed by atoms with E-state index in [0.29, 0.717) is 0 Å². The molecule has 1 atom stereocenters. The number of carbonyl (C=O) groups excluding carboxylic acids is 1. The Balaban J connectivity index is 2.01. The van der Waals surface area contributed by atoms with Crippen molar-refractivity contribution in [1.29, 1.82) is 0 Å². The van der Waals surface area contributed by atoms with Crippen LogP contribution in [0.25, 0.3) is 5.69 Å². The number of nitrogens with zero attached hydrogens (tertiary/aromatic N) is 2. The first-order valence-corrected chi connectivity index (χ1v) is 9.85. The minimum atomic E-state index is -4.97. The second-order valence-corrected chi connectivity index (χ2v) is 7.14. The van der Waals surface area contributed by atoms with Gasteiger partial charge in [-0.3, -0.25) is 9.36 Å². The lowest BCUT2D eigenvalue weighted by Crippen LogP contribution is -2.41. The highest BCUT2D eigenvalue weighted by Gasteiger charge is 2.35. The van der Waals surface area contributed by atoms with Gasteiger partial charge >= 0.3 is 17.8 Å². The van der Waals surface area contributed by atoms with Gasteiger partial charge < -0.3 is 19.9 Å². The van der Waals surface area contributed by atoms with Crippen molar-refractivity contribution in [2.24, 2.45) is 7.05 Å². The number of alkyl halides is 3. The van der Waals surface area contributed by atoms with Crippen molar-refractivity contribution in [2.75, 3.05) is 19.5 Å². The van der Waals surface area contributed by atoms with Gasteiger partial charge in [0.25, 0.3) is 5.56 Å². The number of rotatable bonds is 6. The molecule has 1 aromatic heterocycles. The number of ether oxygens (including phenoxy) is 3. The average Bonchev–Trinajstić information content (AvgIpc) is 3.01. The van der Waals surface area contributed by atoms with Crippen molar-refractivity contribution < 1.29 is 36.6 Å². The van der Waals surface area contributed by atoms with Gasteiger partial charge in [-0.05, 0) is 12.2 Å². The Morgan fingerprint density at radius 3 is 2.54 bits per heavy atom. The van der Waals surface area contributed by atoms with Crippen LogP contribution < -0.4 is 21.7 Å². The molecule has 1 unspecified atom stereocenters. The van der Waals surface area contributed by atoms with E-state index >= 15 is 0 Å². The lowest BCUT2D eigenvalue weighted by molar-refractivity contribution is -0.145. The van der Waals surface area contributed by atoms with E-state index in [2.05, 4.69) is 4.74 Å². The quantitative estimate of drug-likeness (QED) is 0.370. The number of nitrogens with two attached hydrogens (primary N) is 1. The Hall–Kier alpha value is -4.29. The smallest absolute Gasteiger partial charge is 0.431 e. The van der Waals surface area contributed by atoms with E-state index in [9.17, 15) is 31.9 Å². The number of hydrogen-bond acceptors (Lipinski definition) is 7. The van der Waals surface area contributed by atoms with Crippen LogP contribution in [0.15, 0.2) is 63.9 Å². The molecule has 0 saturated heterocycles. The number of hydrogen-bond donors (Lipinski definition) is 1. The van der Waals surface area contributed by atoms with Gasteiger partial charge in [0.2, 0.25) is 0 Å². The first-order valence-electron chi connectivity index (χ1n) is 9.85. The van der Waals surface area contributed by atoms with Crippen molar-refractivity contribution in [2.45, 2.75) is 12.3 Å². The number of carbonyl (C=O) groups is 1. The number of esters is 1. The van der Waals surface area contributed by atoms with Gasteiger partial charge in [-0.1, -0.05) is 12.2 Å². The number of nitrogen functional groups attached to an aromatic ring is 1. The molecule has 35 heavy (non-hydrogen) atoms. The number of aromatic nitrogens is 2. The van der Waals surface area contributed by atoms with E-state index in [0.717, 1.165) is 19.2 Å². The van der Waals surface area contributed by atoms with Crippen LogP contribution in [0, 0.1) is 5.82 Å². The summed E-state index contributed by atoms with van der Waals surface area (Å²) >= 11 is 0. The molecule has 0 fully saturated rings. The molecule has 0 saturated carbocycles. The highest BCUT2D eigenvalue weighted by Crippen LogP contribution is 2.30. The first-order chi connectivity index (χ1) is 16.4. The molecule has 1 aromatic carbocycles. The van der Waals surface area contributed by atoms with Crippen molar-refractivity contribution in [3.05, 3.63) is 86.7 Å². The van der Waals surface area contributed by atoms with Crippen LogP contribution in [0.5, 0.6) is 5.75 Å². The summed E-state index contributed by atoms with van der Waals surface area (Å²) in [5.41, 5.74) is 0.654. The number of allylic oxidation sites excluding steroid dienone is 3. The third-order valence-electron chi connectivity index (χ3n) is 4.78. The second kappa shape index (κ2) is 9.91. The molecular formula is C22H19F4N3O6. The molecule has 0 bridgehead atoms. The Kier molecular flexibility index (Phi) is 7.17. The summed E-state index contributed by atoms with van der Waals surface area (Å²) < 4.78 is 70.0. The van der Waals surface area contributed by atoms with Gasteiger partial charge in [0.15, 0.2) is 6.61 Å². The van der Waals surface area contributed by atoms with E-state index in [1.54, 1.807) is 18.2 Å². The van der Waals surface area contributed by atoms with Crippen LogP contribution in [-0.4, -0.2) is 34.9 Å². The summed E-state index contributed by atoms with van der Waals surface area (Å²) in [7, 11) is 2.00. The van der Waals surface area contributed by atoms with E-state index in [-0.39, 0.29) is 39.0 Å². The fourth-order valence-corrected chi connectivity index (χ4v) is 3.07. The fraction of sp³-hybridized carbons (Fsp3) is 0.227. The average molecular weight is 497 g/mol. The highest BCUT2D eigenvalue weighted by atomic mass is 19.4. The predicted octanol–water partition coefficient (Wildman–Crippen LogP) is 2.22. The van der Waals surface area contributed by atoms with E-state index in [1.165, 1.54) is 19.3 Å². The topological polar surface area (TPSA) is 115 Å². The zero-order chi connectivity index (χ0) is 25.9. The highest BCUT2D eigenvalue weighted by molar-refractivity contribution is 5.70. The molecule has 1 aliphatic rings. The normalized spacial score (nSPS) is 15.4. The summed E-state index contributed by atoms with van der Waals surface area (Å²) in [6, 6.07) is 1.88. The van der Waals surface area contributed by atoms with Crippen molar-refractivity contribution in [1.82, 2.24) is 9.13 Å². The van der Waals surface area contributed by atoms with Gasteiger partial charge in [-0.15, -0.1) is 0 Å². The minimum absolute atomic E-state index is 0.171. The second-order valence-electron chi connectivity index (χ2n) is 7.14. The van der Waals surface area contributed by atoms with Crippen LogP contribution in [0.1, 0.15) is 5.69 Å². The fourth-order valence-electron chi connectivity index (χ4n) is 3.07. The first kappa shape index (κ1) is 25.3. The summed E-state index contributed by atoms with van der Waals surface area (Å²) in [4.78, 5) is 36.2. The molecule has 0 amide bonds. The Morgan fingerprint density at radius 2 is 1.89 bits per heavy atom. The predicted molar refractivity (Wildman–Crippen MR) is 115 cm³/mol. The number of benzene rings is 1. The van der Waals surface area contributed by atoms with Crippen LogP contribution in [0.3, 0.4) is 0 Å². The number of anilines is 1. The standard InChI is InChI=1S/C22H19F4N3O6/c1-28-18(22(24,25)26)10-19(30)29(21(28)32)16-9-17(15(27)8-14(16)23)35-13-6-4-3-5-12(7-13)34-11-20(31)33-2/h3-10,13H,11,27H2,1-2H3. The Bertz CT molecular complexity index is 1350. The maximum absolute atomic E-state index is 14.7. The molecule has 0 aliphatic heterocycles. The molecule has 9 nitrogen and oxygen atoms in total. The molecule has 2 N–H and O–H groups in total. The van der Waals surface area contributed by atoms with E-state index < -0.39 is 46.7 Å². The molecule has 1 heterocycles. The van der Waals surface area contributed by atoms with Gasteiger partial charge in [0, 0.05) is 31.3 Å². The van der Waals surface area contributed by atoms with Crippen LogP contribution >= 0.6 is 0 Å². The van der Waals surface area contributed by atoms with Crippen LogP contribution in [-0.2, 0) is 27.5 Å². The molecule has 1 aliphatic carbocycles. The monoisotopic (exact) mass is 497 g/mol. The summed E-state index contributed by atoms with van der Waals surface area (Å²) in [6.07, 6.45) is 1.90. The van der Waals surface area contributed by atoms with Crippen molar-refractivity contribution >= 4 is 11.7 Å². The molecule has 2 aromatic rings. The molecular weight excluding hydrogens is 478 g/mol. The third-order valence-corrected chi connectivity index (χ3v) is 4.78. The molecule has 186 valence electrons. The molecule has 3 rings (SSSR count). The van der Waals surface area contributed by atoms with E-state index in [4.69, 9.17) is 15.2 Å². The Morgan fingerprint density at radius 1 is 1.17 bits per heavy atom. The zero-order valence-electron chi connectivity index (χ0n) is 18.3. The van der Waals surface area contributed by atoms with Gasteiger partial charge in [-0.2, -0.15) is 13.2 Å². The minimum Gasteiger partial charge on any atom is -0.482 e. The maximum atomic E-state index is 14.7.